The van der Waals surface area contributed by atoms with Gasteiger partial charge in [0, 0.05) is 99.4 Å². The SMILES string of the molecule is c1ccc(-c2ccc(-c3nc(-c4ccccc4)nc(-c4cccc(-c5cccc(-c6ccc(-c7nc8cccnc8c8c7sc7ccccc78)cc6)c5)c4)n3)cc2)cc1.c1ccc(-c2ccc(-c3nc(-c4ccccc4)nc(-c4cccc(-c5cccc(-c6ccc(-c7nc8ccncc8c8c7sc7ccccc78)cc6)c5)c4)n3)cc2)cc1. The number of aromatic nitrogens is 10. The standard InChI is InChI=1S/2C53H33N5S/c1-3-12-34(13-4-1)35-25-29-39(30-26-35)52-56-51(38-14-5-2-6-15-38)57-53(58-52)43-19-10-18-42(33-43)41-17-9-16-40(32-41)36-23-27-37(28-24-36)48-50-47(44-20-7-8-22-46(44)59-50)49-45(55-48)21-11-31-54-49;1-3-11-34(12-4-1)35-23-27-39(28-24-35)52-56-51(38-13-5-2-6-14-38)57-53(58-52)43-18-10-17-42(32-43)41-16-9-15-40(31-41)36-21-25-37(26-22-36)49-50-48(44-19-7-8-20-47(44)59-50)45-33-54-30-29-46(45)55-49/h2*1-33H. The Morgan fingerprint density at radius 3 is 0.915 bits per heavy atom. The Morgan fingerprint density at radius 2 is 0.483 bits per heavy atom. The van der Waals surface area contributed by atoms with E-state index in [1.165, 1.54) is 46.8 Å². The van der Waals surface area contributed by atoms with E-state index in [0.29, 0.717) is 34.9 Å². The third kappa shape index (κ3) is 13.9. The minimum Gasteiger partial charge on any atom is -0.264 e. The van der Waals surface area contributed by atoms with Crippen molar-refractivity contribution in [1.82, 2.24) is 49.8 Å². The molecule has 8 aromatic heterocycles. The van der Waals surface area contributed by atoms with Crippen molar-refractivity contribution in [2.75, 3.05) is 0 Å². The van der Waals surface area contributed by atoms with Crippen LogP contribution in [0, 0.1) is 0 Å². The zero-order chi connectivity index (χ0) is 78.2. The summed E-state index contributed by atoms with van der Waals surface area (Å²) in [6, 6.07) is 133. The molecule has 14 aromatic carbocycles. The van der Waals surface area contributed by atoms with E-state index >= 15 is 0 Å². The molecule has 0 radical (unpaired) electrons. The van der Waals surface area contributed by atoms with E-state index in [1.807, 2.05) is 104 Å². The number of hydrogen-bond donors (Lipinski definition) is 0. The van der Waals surface area contributed by atoms with Crippen molar-refractivity contribution in [2.45, 2.75) is 0 Å². The second-order valence-electron chi connectivity index (χ2n) is 29.0. The zero-order valence-electron chi connectivity index (χ0n) is 63.4. The molecule has 0 bridgehead atoms. The van der Waals surface area contributed by atoms with Gasteiger partial charge in [0.2, 0.25) is 0 Å². The first-order chi connectivity index (χ1) is 58.4. The molecule has 22 aromatic rings. The molecular formula is C106H66N10S2. The van der Waals surface area contributed by atoms with Gasteiger partial charge in [-0.05, 0) is 121 Å². The van der Waals surface area contributed by atoms with Gasteiger partial charge >= 0.3 is 0 Å². The first kappa shape index (κ1) is 70.5. The van der Waals surface area contributed by atoms with Crippen LogP contribution in [0.25, 0.3) is 220 Å². The van der Waals surface area contributed by atoms with Crippen molar-refractivity contribution in [1.29, 1.82) is 0 Å². The third-order valence-electron chi connectivity index (χ3n) is 21.6. The molecule has 0 spiro atoms. The summed E-state index contributed by atoms with van der Waals surface area (Å²) in [5.74, 6) is 3.79. The molecule has 10 nitrogen and oxygen atoms in total. The van der Waals surface area contributed by atoms with E-state index in [2.05, 4.69) is 302 Å². The topological polar surface area (TPSA) is 129 Å². The van der Waals surface area contributed by atoms with E-state index in [-0.39, 0.29) is 0 Å². The number of fused-ring (bicyclic) bond motifs is 10. The summed E-state index contributed by atoms with van der Waals surface area (Å²) in [6.45, 7) is 0. The van der Waals surface area contributed by atoms with Crippen molar-refractivity contribution >= 4 is 85.0 Å². The summed E-state index contributed by atoms with van der Waals surface area (Å²) in [5, 5.41) is 5.95. The Kier molecular flexibility index (Phi) is 18.4. The number of thiophene rings is 2. The van der Waals surface area contributed by atoms with Gasteiger partial charge < -0.3 is 0 Å². The quantitative estimate of drug-likeness (QED) is 0.104. The molecule has 0 fully saturated rings. The van der Waals surface area contributed by atoms with Crippen LogP contribution in [0.4, 0.5) is 0 Å². The fourth-order valence-electron chi connectivity index (χ4n) is 15.7. The summed E-state index contributed by atoms with van der Waals surface area (Å²) in [5.41, 5.74) is 26.1. The number of hydrogen-bond acceptors (Lipinski definition) is 12. The smallest absolute Gasteiger partial charge is 0.164 e. The fourth-order valence-corrected chi connectivity index (χ4v) is 18.1. The van der Waals surface area contributed by atoms with Gasteiger partial charge in [-0.15, -0.1) is 22.7 Å². The second-order valence-corrected chi connectivity index (χ2v) is 31.1. The van der Waals surface area contributed by atoms with Gasteiger partial charge in [0.1, 0.15) is 0 Å². The molecule has 12 heteroatoms. The normalized spacial score (nSPS) is 11.4. The zero-order valence-corrected chi connectivity index (χ0v) is 65.0. The van der Waals surface area contributed by atoms with Crippen LogP contribution in [0.1, 0.15) is 0 Å². The maximum Gasteiger partial charge on any atom is 0.164 e. The predicted octanol–water partition coefficient (Wildman–Crippen LogP) is 27.7. The van der Waals surface area contributed by atoms with Gasteiger partial charge in [0.05, 0.1) is 37.3 Å². The summed E-state index contributed by atoms with van der Waals surface area (Å²) in [7, 11) is 0. The second kappa shape index (κ2) is 30.9. The van der Waals surface area contributed by atoms with E-state index < -0.39 is 0 Å². The summed E-state index contributed by atoms with van der Waals surface area (Å²) >= 11 is 3.57. The van der Waals surface area contributed by atoms with Crippen molar-refractivity contribution in [2.24, 2.45) is 0 Å². The highest BCUT2D eigenvalue weighted by atomic mass is 32.1. The summed E-state index contributed by atoms with van der Waals surface area (Å²) in [6.07, 6.45) is 5.61. The Hall–Kier alpha value is -15.3. The van der Waals surface area contributed by atoms with Crippen molar-refractivity contribution in [3.8, 4) is 158 Å². The van der Waals surface area contributed by atoms with Gasteiger partial charge in [0.15, 0.2) is 34.9 Å². The Labute approximate surface area is 688 Å². The monoisotopic (exact) mass is 1540 g/mol. The first-order valence-electron chi connectivity index (χ1n) is 39.1. The Bertz CT molecular complexity index is 7060. The van der Waals surface area contributed by atoms with Crippen LogP contribution >= 0.6 is 22.7 Å². The van der Waals surface area contributed by atoms with Crippen molar-refractivity contribution in [3.05, 3.63) is 401 Å². The van der Waals surface area contributed by atoms with Crippen LogP contribution in [-0.4, -0.2) is 49.8 Å². The molecule has 22 rings (SSSR count). The summed E-state index contributed by atoms with van der Waals surface area (Å²) in [4.78, 5) is 49.6. The van der Waals surface area contributed by atoms with Gasteiger partial charge in [-0.1, -0.05) is 328 Å². The molecule has 0 aliphatic heterocycles. The van der Waals surface area contributed by atoms with Crippen LogP contribution in [-0.2, 0) is 0 Å². The van der Waals surface area contributed by atoms with Gasteiger partial charge in [-0.3, -0.25) is 9.97 Å². The van der Waals surface area contributed by atoms with Crippen LogP contribution < -0.4 is 0 Å². The average molecular weight is 1540 g/mol. The van der Waals surface area contributed by atoms with E-state index in [0.717, 1.165) is 138 Å². The maximum absolute atomic E-state index is 5.17. The summed E-state index contributed by atoms with van der Waals surface area (Å²) < 4.78 is 4.83. The Morgan fingerprint density at radius 1 is 0.186 bits per heavy atom. The third-order valence-corrected chi connectivity index (χ3v) is 24.0. The number of rotatable bonds is 14. The number of pyridine rings is 4. The molecule has 0 N–H and O–H groups in total. The lowest BCUT2D eigenvalue weighted by atomic mass is 9.96. The molecule has 0 amide bonds. The van der Waals surface area contributed by atoms with E-state index in [1.54, 1.807) is 22.7 Å². The Balaban J connectivity index is 0.000000147. The highest BCUT2D eigenvalue weighted by molar-refractivity contribution is 7.27. The van der Waals surface area contributed by atoms with Crippen LogP contribution in [0.2, 0.25) is 0 Å². The largest absolute Gasteiger partial charge is 0.264 e. The average Bonchev–Trinajstić information content (AvgIpc) is 1.58. The molecule has 552 valence electrons. The van der Waals surface area contributed by atoms with Crippen LogP contribution in [0.5, 0.6) is 0 Å². The van der Waals surface area contributed by atoms with E-state index in [9.17, 15) is 0 Å². The lowest BCUT2D eigenvalue weighted by molar-refractivity contribution is 1.07. The minimum absolute atomic E-state index is 0.625. The molecule has 8 heterocycles. The van der Waals surface area contributed by atoms with Crippen LogP contribution in [0.3, 0.4) is 0 Å². The fraction of sp³-hybridized carbons (Fsp3) is 0. The lowest BCUT2D eigenvalue weighted by Gasteiger charge is -2.11. The molecule has 0 aliphatic rings. The molecule has 0 atom stereocenters. The molecule has 0 unspecified atom stereocenters. The van der Waals surface area contributed by atoms with E-state index in [4.69, 9.17) is 44.9 Å². The molecule has 0 saturated carbocycles. The maximum atomic E-state index is 5.17. The number of benzene rings is 14. The van der Waals surface area contributed by atoms with Gasteiger partial charge in [-0.2, -0.15) is 0 Å². The predicted molar refractivity (Wildman–Crippen MR) is 488 cm³/mol. The molecule has 0 aliphatic carbocycles. The number of nitrogens with zero attached hydrogens (tertiary/aromatic N) is 10. The molecule has 0 saturated heterocycles. The minimum atomic E-state index is 0.625. The van der Waals surface area contributed by atoms with Crippen molar-refractivity contribution in [3.63, 3.8) is 0 Å². The van der Waals surface area contributed by atoms with Crippen molar-refractivity contribution < 1.29 is 0 Å². The highest BCUT2D eigenvalue weighted by Crippen LogP contribution is 2.46. The van der Waals surface area contributed by atoms with Gasteiger partial charge in [0.25, 0.3) is 0 Å². The molecule has 118 heavy (non-hydrogen) atoms. The first-order valence-corrected chi connectivity index (χ1v) is 40.8. The van der Waals surface area contributed by atoms with Crippen LogP contribution in [0.15, 0.2) is 401 Å². The highest BCUT2D eigenvalue weighted by Gasteiger charge is 2.22. The lowest BCUT2D eigenvalue weighted by Crippen LogP contribution is -2.00. The molecular weight excluding hydrogens is 1480 g/mol. The van der Waals surface area contributed by atoms with Gasteiger partial charge in [-0.25, -0.2) is 39.9 Å².